The van der Waals surface area contributed by atoms with Crippen LogP contribution in [0.5, 0.6) is 0 Å². The third-order valence-electron chi connectivity index (χ3n) is 5.68. The summed E-state index contributed by atoms with van der Waals surface area (Å²) in [5, 5.41) is 5.93. The molecule has 2 heterocycles. The molecular weight excluding hydrogens is 433 g/mol. The van der Waals surface area contributed by atoms with Crippen LogP contribution < -0.4 is 10.6 Å². The standard InChI is InChI=1S/C26H26FN5O2/c1-26(2,3)18-9-7-15(8-10-18)24(33)29-13-17-6-5-16(11-20(17)27)22-19-12-21(25(34)28-4)32-23(19)31-14-30-22/h5-12,14H,13H2,1-4H3,(H,28,34)(H,29,33)(H,30,31,32). The number of carbonyl (C=O) groups is 2. The van der Waals surface area contributed by atoms with Gasteiger partial charge in [-0.25, -0.2) is 14.4 Å². The second kappa shape index (κ2) is 9.05. The minimum atomic E-state index is -0.463. The summed E-state index contributed by atoms with van der Waals surface area (Å²) in [5.74, 6) is -1.01. The molecule has 0 atom stereocenters. The van der Waals surface area contributed by atoms with Crippen molar-refractivity contribution in [1.29, 1.82) is 0 Å². The number of aromatic nitrogens is 3. The molecule has 3 N–H and O–H groups in total. The summed E-state index contributed by atoms with van der Waals surface area (Å²) < 4.78 is 14.9. The van der Waals surface area contributed by atoms with Crippen molar-refractivity contribution < 1.29 is 14.0 Å². The quantitative estimate of drug-likeness (QED) is 0.413. The van der Waals surface area contributed by atoms with Gasteiger partial charge in [-0.2, -0.15) is 0 Å². The fourth-order valence-corrected chi connectivity index (χ4v) is 3.66. The lowest BCUT2D eigenvalue weighted by Gasteiger charge is -2.19. The molecule has 0 fully saturated rings. The molecule has 0 saturated heterocycles. The van der Waals surface area contributed by atoms with Crippen LogP contribution >= 0.6 is 0 Å². The third kappa shape index (κ3) is 4.66. The van der Waals surface area contributed by atoms with E-state index in [1.807, 2.05) is 12.1 Å². The fourth-order valence-electron chi connectivity index (χ4n) is 3.66. The van der Waals surface area contributed by atoms with Crippen molar-refractivity contribution >= 4 is 22.8 Å². The van der Waals surface area contributed by atoms with Gasteiger partial charge in [0, 0.05) is 35.7 Å². The first-order valence-electron chi connectivity index (χ1n) is 10.9. The summed E-state index contributed by atoms with van der Waals surface area (Å²) in [6.07, 6.45) is 1.36. The Labute approximate surface area is 196 Å². The smallest absolute Gasteiger partial charge is 0.267 e. The van der Waals surface area contributed by atoms with Gasteiger partial charge in [-0.05, 0) is 35.2 Å². The first-order valence-corrected chi connectivity index (χ1v) is 10.9. The van der Waals surface area contributed by atoms with Crippen molar-refractivity contribution in [3.05, 3.63) is 83.1 Å². The minimum absolute atomic E-state index is 0.000483. The van der Waals surface area contributed by atoms with Crippen LogP contribution in [-0.2, 0) is 12.0 Å². The van der Waals surface area contributed by atoms with Gasteiger partial charge in [-0.15, -0.1) is 0 Å². The van der Waals surface area contributed by atoms with Crippen LogP contribution in [0, 0.1) is 5.82 Å². The van der Waals surface area contributed by atoms with Crippen LogP contribution in [0.4, 0.5) is 4.39 Å². The van der Waals surface area contributed by atoms with Crippen LogP contribution in [0.1, 0.15) is 52.7 Å². The Balaban J connectivity index is 1.51. The van der Waals surface area contributed by atoms with Crippen molar-refractivity contribution in [2.45, 2.75) is 32.7 Å². The molecule has 2 aromatic heterocycles. The second-order valence-corrected chi connectivity index (χ2v) is 9.06. The summed E-state index contributed by atoms with van der Waals surface area (Å²) in [6, 6.07) is 13.8. The molecule has 0 unspecified atom stereocenters. The van der Waals surface area contributed by atoms with E-state index in [4.69, 9.17) is 0 Å². The summed E-state index contributed by atoms with van der Waals surface area (Å²) in [5.41, 5.74) is 3.88. The molecule has 2 amide bonds. The largest absolute Gasteiger partial charge is 0.354 e. The number of amides is 2. The maximum absolute atomic E-state index is 14.9. The van der Waals surface area contributed by atoms with Crippen molar-refractivity contribution in [1.82, 2.24) is 25.6 Å². The van der Waals surface area contributed by atoms with Gasteiger partial charge in [0.1, 0.15) is 23.5 Å². The Morgan fingerprint density at radius 3 is 2.38 bits per heavy atom. The highest BCUT2D eigenvalue weighted by Gasteiger charge is 2.16. The second-order valence-electron chi connectivity index (χ2n) is 9.06. The Morgan fingerprint density at radius 1 is 1.00 bits per heavy atom. The molecule has 4 aromatic rings. The van der Waals surface area contributed by atoms with E-state index in [1.54, 1.807) is 30.3 Å². The lowest BCUT2D eigenvalue weighted by Crippen LogP contribution is -2.23. The van der Waals surface area contributed by atoms with Gasteiger partial charge in [0.25, 0.3) is 11.8 Å². The minimum Gasteiger partial charge on any atom is -0.354 e. The molecule has 0 saturated carbocycles. The van der Waals surface area contributed by atoms with Gasteiger partial charge < -0.3 is 15.6 Å². The molecule has 0 spiro atoms. The predicted octanol–water partition coefficient (Wildman–Crippen LogP) is 4.35. The number of benzene rings is 2. The lowest BCUT2D eigenvalue weighted by atomic mass is 9.87. The summed E-state index contributed by atoms with van der Waals surface area (Å²) in [7, 11) is 1.54. The van der Waals surface area contributed by atoms with E-state index >= 15 is 0 Å². The molecule has 7 nitrogen and oxygen atoms in total. The highest BCUT2D eigenvalue weighted by Crippen LogP contribution is 2.27. The maximum atomic E-state index is 14.9. The Kier molecular flexibility index (Phi) is 6.15. The Hall–Kier alpha value is -4.07. The van der Waals surface area contributed by atoms with Crippen molar-refractivity contribution in [3.63, 3.8) is 0 Å². The van der Waals surface area contributed by atoms with E-state index in [-0.39, 0.29) is 23.8 Å². The van der Waals surface area contributed by atoms with Crippen LogP contribution in [-0.4, -0.2) is 33.8 Å². The molecular formula is C26H26FN5O2. The van der Waals surface area contributed by atoms with Crippen molar-refractivity contribution in [2.24, 2.45) is 0 Å². The third-order valence-corrected chi connectivity index (χ3v) is 5.68. The van der Waals surface area contributed by atoms with E-state index < -0.39 is 5.82 Å². The Morgan fingerprint density at radius 2 is 1.74 bits per heavy atom. The SMILES string of the molecule is CNC(=O)c1cc2c(-c3ccc(CNC(=O)c4ccc(C(C)(C)C)cc4)c(F)c3)ncnc2[nH]1. The average molecular weight is 460 g/mol. The van der Waals surface area contributed by atoms with Crippen molar-refractivity contribution in [3.8, 4) is 11.3 Å². The highest BCUT2D eigenvalue weighted by molar-refractivity contribution is 6.00. The first-order chi connectivity index (χ1) is 16.2. The molecule has 34 heavy (non-hydrogen) atoms. The fraction of sp³-hybridized carbons (Fsp3) is 0.231. The van der Waals surface area contributed by atoms with Crippen LogP contribution in [0.15, 0.2) is 54.9 Å². The monoisotopic (exact) mass is 459 g/mol. The number of aromatic amines is 1. The van der Waals surface area contributed by atoms with Gasteiger partial charge in [-0.3, -0.25) is 9.59 Å². The molecule has 0 radical (unpaired) electrons. The summed E-state index contributed by atoms with van der Waals surface area (Å²) >= 11 is 0. The average Bonchev–Trinajstić information content (AvgIpc) is 3.26. The number of carbonyl (C=O) groups excluding carboxylic acids is 2. The summed E-state index contributed by atoms with van der Waals surface area (Å²) in [6.45, 7) is 6.38. The van der Waals surface area contributed by atoms with E-state index in [2.05, 4.69) is 46.4 Å². The first kappa shape index (κ1) is 23.1. The van der Waals surface area contributed by atoms with Gasteiger partial charge >= 0.3 is 0 Å². The highest BCUT2D eigenvalue weighted by atomic mass is 19.1. The molecule has 0 bridgehead atoms. The number of nitrogens with one attached hydrogen (secondary N) is 3. The zero-order valence-corrected chi connectivity index (χ0v) is 19.5. The van der Waals surface area contributed by atoms with E-state index in [0.717, 1.165) is 5.56 Å². The van der Waals surface area contributed by atoms with Gasteiger partial charge in [-0.1, -0.05) is 45.0 Å². The van der Waals surface area contributed by atoms with Crippen LogP contribution in [0.3, 0.4) is 0 Å². The normalized spacial score (nSPS) is 11.4. The number of hydrogen-bond donors (Lipinski definition) is 3. The lowest BCUT2D eigenvalue weighted by molar-refractivity contribution is 0.0945. The number of rotatable bonds is 5. The van der Waals surface area contributed by atoms with Crippen molar-refractivity contribution in [2.75, 3.05) is 7.05 Å². The molecule has 0 aliphatic rings. The Bertz CT molecular complexity index is 1370. The van der Waals surface area contributed by atoms with Crippen LogP contribution in [0.2, 0.25) is 0 Å². The molecule has 2 aromatic carbocycles. The maximum Gasteiger partial charge on any atom is 0.267 e. The number of fused-ring (bicyclic) bond motifs is 1. The van der Waals surface area contributed by atoms with Gasteiger partial charge in [0.15, 0.2) is 0 Å². The van der Waals surface area contributed by atoms with E-state index in [0.29, 0.717) is 39.1 Å². The summed E-state index contributed by atoms with van der Waals surface area (Å²) in [4.78, 5) is 35.8. The van der Waals surface area contributed by atoms with E-state index in [1.165, 1.54) is 19.4 Å². The topological polar surface area (TPSA) is 99.8 Å². The molecule has 4 rings (SSSR count). The zero-order chi connectivity index (χ0) is 24.5. The molecule has 0 aliphatic heterocycles. The number of hydrogen-bond acceptors (Lipinski definition) is 4. The van der Waals surface area contributed by atoms with Gasteiger partial charge in [0.2, 0.25) is 0 Å². The number of halogens is 1. The number of nitrogens with zero attached hydrogens (tertiary/aromatic N) is 2. The van der Waals surface area contributed by atoms with Crippen LogP contribution in [0.25, 0.3) is 22.3 Å². The molecule has 174 valence electrons. The van der Waals surface area contributed by atoms with Gasteiger partial charge in [0.05, 0.1) is 5.69 Å². The molecule has 8 heteroatoms. The van der Waals surface area contributed by atoms with E-state index in [9.17, 15) is 14.0 Å². The zero-order valence-electron chi connectivity index (χ0n) is 19.5. The molecule has 0 aliphatic carbocycles. The predicted molar refractivity (Wildman–Crippen MR) is 129 cm³/mol. The number of H-pyrrole nitrogens is 1.